The smallest absolute Gasteiger partial charge is 0.488 e. The second kappa shape index (κ2) is 29.1. The van der Waals surface area contributed by atoms with Crippen LogP contribution in [-0.2, 0) is 39.9 Å². The number of carbonyl (C=O) groups excluding carboxylic acids is 6. The van der Waals surface area contributed by atoms with Gasteiger partial charge >= 0.3 is 53.4 Å². The van der Waals surface area contributed by atoms with E-state index in [0.717, 1.165) is 0 Å². The van der Waals surface area contributed by atoms with Crippen LogP contribution in [0.3, 0.4) is 0 Å². The number of nitrogens with two attached hydrogens (primary N) is 4. The first-order chi connectivity index (χ1) is 26.9. The van der Waals surface area contributed by atoms with Gasteiger partial charge in [-0.2, -0.15) is 0 Å². The summed E-state index contributed by atoms with van der Waals surface area (Å²) in [6.45, 7) is 0. The molecule has 0 atom stereocenters. The number of nitrogen functional groups attached to an aromatic ring is 1. The molecule has 0 radical (unpaired) electrons. The van der Waals surface area contributed by atoms with E-state index < -0.39 is 35.6 Å². The number of anilines is 2. The zero-order valence-corrected chi connectivity index (χ0v) is 35.0. The molecule has 2 heterocycles. The zero-order valence-electron chi connectivity index (χ0n) is 30.8. The molecular weight excluding hydrogens is 854 g/mol. The van der Waals surface area contributed by atoms with E-state index in [9.17, 15) is 38.4 Å². The van der Waals surface area contributed by atoms with Gasteiger partial charge in [-0.25, -0.2) is 4.98 Å². The average Bonchev–Trinajstić information content (AvgIpc) is 3.54. The summed E-state index contributed by atoms with van der Waals surface area (Å²) in [5.74, 6) is 0.376. The van der Waals surface area contributed by atoms with Crippen molar-refractivity contribution in [2.75, 3.05) is 18.2 Å². The Kier molecular flexibility index (Phi) is 27.6. The quantitative estimate of drug-likeness (QED) is 0.0291. The normalized spacial score (nSPS) is 10.7. The van der Waals surface area contributed by atoms with Crippen molar-refractivity contribution < 1.29 is 82.9 Å². The number of H-pyrrole nitrogens is 1. The minimum atomic E-state index is -1.08. The number of primary amides is 2. The van der Waals surface area contributed by atoms with Gasteiger partial charge in [-0.15, -0.1) is 0 Å². The number of rotatable bonds is 9. The van der Waals surface area contributed by atoms with Gasteiger partial charge in [-0.05, 0) is 36.4 Å². The van der Waals surface area contributed by atoms with E-state index in [1.54, 1.807) is 30.3 Å². The van der Waals surface area contributed by atoms with E-state index in [1.807, 2.05) is 5.59 Å². The summed E-state index contributed by atoms with van der Waals surface area (Å²) in [4.78, 5) is 93.3. The van der Waals surface area contributed by atoms with E-state index in [2.05, 4.69) is 30.6 Å². The average molecular weight is 894 g/mol. The van der Waals surface area contributed by atoms with Crippen molar-refractivity contribution in [3.63, 3.8) is 0 Å². The number of aliphatic carboxylic acids is 1. The molecule has 0 unspecified atom stereocenters. The second-order valence-corrected chi connectivity index (χ2v) is 11.9. The van der Waals surface area contributed by atoms with Crippen molar-refractivity contribution in [1.82, 2.24) is 9.97 Å². The minimum Gasteiger partial charge on any atom is -0.488 e. The summed E-state index contributed by atoms with van der Waals surface area (Å²) in [5.41, 5.74) is 18.5. The topological polar surface area (TPSA) is 354 Å². The standard InChI is InChI=1S/C12H11ClN2O3.C11H11ClN2O4.C7H7ClN2O.C4H4O3.CH4.H3N2O.Na/c1-18-10(16)6-5-9-14-11-7(12(17)15-9)3-2-4-8(11)13;12-7-3-1-2-6(11(13)18)10(7)14-8(15)4-5-9(16)17;8-5-3-1-2-4(6(5)9)7(10)11;5-3-1-2-4(6)7-3;;1-2-3;/h2-4H,5-6H2,1H3,(H,14,15,17);1-3H,4-5H2,(H2,13,18)(H,14,15)(H,16,17);1-3H,9H2,(H2,10,11);1-2H2;1H4;3H,1H2;/q;;;;;-1;+1. The number of nitrogens with one attached hydrogen (secondary N) is 2. The summed E-state index contributed by atoms with van der Waals surface area (Å²) in [7, 11) is 1.32. The number of nitrogens with zero attached hydrogens (tertiary/aromatic N) is 2. The third kappa shape index (κ3) is 20.4. The maximum absolute atomic E-state index is 11.8. The van der Waals surface area contributed by atoms with Gasteiger partial charge in [0.1, 0.15) is 5.82 Å². The first-order valence-corrected chi connectivity index (χ1v) is 17.0. The van der Waals surface area contributed by atoms with Crippen molar-refractivity contribution in [1.29, 1.82) is 0 Å². The Morgan fingerprint density at radius 3 is 1.85 bits per heavy atom. The Labute approximate surface area is 373 Å². The number of para-hydroxylation sites is 3. The number of fused-ring (bicyclic) bond motifs is 1. The molecule has 5 rings (SSSR count). The van der Waals surface area contributed by atoms with Gasteiger partial charge in [0.05, 0.1) is 81.3 Å². The van der Waals surface area contributed by atoms with Gasteiger partial charge in [-0.1, -0.05) is 60.4 Å². The number of carboxylic acids is 1. The van der Waals surface area contributed by atoms with E-state index >= 15 is 0 Å². The molecule has 0 aliphatic carbocycles. The molecule has 20 nitrogen and oxygen atoms in total. The Morgan fingerprint density at radius 2 is 1.37 bits per heavy atom. The molecule has 1 fully saturated rings. The number of halogens is 3. The van der Waals surface area contributed by atoms with E-state index in [-0.39, 0.29) is 108 Å². The van der Waals surface area contributed by atoms with Crippen LogP contribution in [0, 0.1) is 0 Å². The molecule has 1 aliphatic rings. The number of esters is 3. The number of benzene rings is 3. The molecule has 0 saturated carbocycles. The summed E-state index contributed by atoms with van der Waals surface area (Å²) < 4.78 is 8.61. The molecule has 3 amide bonds. The number of hydrogen-bond acceptors (Lipinski definition) is 14. The monoisotopic (exact) mass is 892 g/mol. The molecule has 1 aromatic heterocycles. The minimum absolute atomic E-state index is 0. The maximum Gasteiger partial charge on any atom is 1.00 e. The Morgan fingerprint density at radius 1 is 0.864 bits per heavy atom. The number of amides is 3. The van der Waals surface area contributed by atoms with Crippen LogP contribution in [0.4, 0.5) is 11.4 Å². The van der Waals surface area contributed by atoms with E-state index in [0.29, 0.717) is 33.2 Å². The van der Waals surface area contributed by atoms with Crippen LogP contribution in [-0.4, -0.2) is 69.0 Å². The number of aryl methyl sites for hydroxylation is 1. The van der Waals surface area contributed by atoms with Crippen LogP contribution in [0.25, 0.3) is 16.5 Å². The van der Waals surface area contributed by atoms with Gasteiger partial charge in [0.15, 0.2) is 0 Å². The summed E-state index contributed by atoms with van der Waals surface area (Å²) in [6.07, 6.45) is 0.483. The Balaban J connectivity index is 0. The summed E-state index contributed by atoms with van der Waals surface area (Å²) >= 11 is 17.5. The van der Waals surface area contributed by atoms with E-state index in [4.69, 9.17) is 62.3 Å². The largest absolute Gasteiger partial charge is 1.00 e. The molecule has 314 valence electrons. The molecule has 24 heteroatoms. The molecular formula is C35H40Cl3N8NaO12. The maximum atomic E-state index is 11.8. The van der Waals surface area contributed by atoms with Crippen molar-refractivity contribution in [3.8, 4) is 0 Å². The Hall–Kier alpha value is -5.16. The summed E-state index contributed by atoms with van der Waals surface area (Å²) in [6, 6.07) is 14.2. The van der Waals surface area contributed by atoms with Gasteiger partial charge in [0.25, 0.3) is 17.4 Å². The predicted octanol–water partition coefficient (Wildman–Crippen LogP) is 1.06. The number of ether oxygens (including phenoxy) is 2. The van der Waals surface area contributed by atoms with Crippen LogP contribution >= 0.6 is 34.8 Å². The van der Waals surface area contributed by atoms with Gasteiger partial charge in [-0.3, -0.25) is 38.4 Å². The van der Waals surface area contributed by atoms with Crippen molar-refractivity contribution in [2.45, 2.75) is 46.0 Å². The molecule has 1 aliphatic heterocycles. The number of aromatic nitrogens is 2. The van der Waals surface area contributed by atoms with Crippen molar-refractivity contribution in [3.05, 3.63) is 103 Å². The molecule has 0 spiro atoms. The fourth-order valence-corrected chi connectivity index (χ4v) is 4.69. The SMILES string of the molecule is C.COC(=O)CCc1nc2c(Cl)cccc2c(=O)[nH]1.NC(=O)c1cccc(Cl)c1N.NC(=O)c1cccc(Cl)c1NC(=O)CCC(=O)O.N[N-]O.O=C1CCC(=O)O1.[Na+]. The summed E-state index contributed by atoms with van der Waals surface area (Å²) in [5, 5.41) is 19.2. The number of aromatic amines is 1. The third-order valence-electron chi connectivity index (χ3n) is 6.72. The first kappa shape index (κ1) is 55.9. The fraction of sp³-hybridized carbons (Fsp3) is 0.229. The van der Waals surface area contributed by atoms with Gasteiger partial charge < -0.3 is 58.7 Å². The molecule has 12 N–H and O–H groups in total. The van der Waals surface area contributed by atoms with Crippen LogP contribution in [0.2, 0.25) is 15.1 Å². The number of methoxy groups -OCH3 is 1. The van der Waals surface area contributed by atoms with E-state index in [1.165, 1.54) is 31.4 Å². The van der Waals surface area contributed by atoms with Crippen molar-refractivity contribution in [2.24, 2.45) is 17.3 Å². The van der Waals surface area contributed by atoms with Crippen LogP contribution in [0.5, 0.6) is 0 Å². The van der Waals surface area contributed by atoms with Crippen LogP contribution < -0.4 is 63.5 Å². The molecule has 1 saturated heterocycles. The van der Waals surface area contributed by atoms with Gasteiger partial charge in [0.2, 0.25) is 5.91 Å². The zero-order chi connectivity index (χ0) is 43.2. The Bertz CT molecular complexity index is 2140. The number of carboxylic acid groups (broad SMARTS) is 1. The van der Waals surface area contributed by atoms with Crippen LogP contribution in [0.15, 0.2) is 59.4 Å². The number of carbonyl (C=O) groups is 7. The number of hydrogen-bond donors (Lipinski definition) is 8. The predicted molar refractivity (Wildman–Crippen MR) is 214 cm³/mol. The fourth-order valence-electron chi connectivity index (χ4n) is 4.08. The van der Waals surface area contributed by atoms with Crippen molar-refractivity contribution >= 4 is 98.7 Å². The molecule has 0 bridgehead atoms. The molecule has 59 heavy (non-hydrogen) atoms. The second-order valence-electron chi connectivity index (χ2n) is 10.7. The first-order valence-electron chi connectivity index (χ1n) is 15.8. The van der Waals surface area contributed by atoms with Gasteiger partial charge in [0, 0.05) is 12.8 Å². The third-order valence-corrected chi connectivity index (χ3v) is 7.67. The van der Waals surface area contributed by atoms with Crippen LogP contribution in [0.1, 0.15) is 66.1 Å². The molecule has 3 aromatic carbocycles. The number of cyclic esters (lactones) is 2. The molecule has 4 aromatic rings.